The van der Waals surface area contributed by atoms with Crippen molar-refractivity contribution in [2.75, 3.05) is 6.54 Å². The second-order valence-corrected chi connectivity index (χ2v) is 4.72. The maximum Gasteiger partial charge on any atom is 0.0348 e. The molecule has 1 saturated carbocycles. The molecule has 0 amide bonds. The van der Waals surface area contributed by atoms with Gasteiger partial charge in [-0.3, -0.25) is 0 Å². The van der Waals surface area contributed by atoms with E-state index in [2.05, 4.69) is 44.3 Å². The van der Waals surface area contributed by atoms with Crippen LogP contribution in [-0.4, -0.2) is 6.54 Å². The molecule has 1 unspecified atom stereocenters. The SMILES string of the molecule is CCNC(c1ccc(C)c(C)c1)C1CC1. The van der Waals surface area contributed by atoms with E-state index in [4.69, 9.17) is 0 Å². The molecule has 0 saturated heterocycles. The van der Waals surface area contributed by atoms with Crippen LogP contribution in [0, 0.1) is 19.8 Å². The number of nitrogens with one attached hydrogen (secondary N) is 1. The third kappa shape index (κ3) is 2.40. The summed E-state index contributed by atoms with van der Waals surface area (Å²) >= 11 is 0. The first-order valence-corrected chi connectivity index (χ1v) is 6.03. The molecular weight excluding hydrogens is 182 g/mol. The summed E-state index contributed by atoms with van der Waals surface area (Å²) in [6.45, 7) is 7.64. The Morgan fingerprint density at radius 2 is 2.00 bits per heavy atom. The predicted octanol–water partition coefficient (Wildman–Crippen LogP) is 3.36. The smallest absolute Gasteiger partial charge is 0.0348 e. The van der Waals surface area contributed by atoms with Gasteiger partial charge in [0.2, 0.25) is 0 Å². The lowest BCUT2D eigenvalue weighted by atomic mass is 9.98. The van der Waals surface area contributed by atoms with E-state index < -0.39 is 0 Å². The number of rotatable bonds is 4. The summed E-state index contributed by atoms with van der Waals surface area (Å²) in [6.07, 6.45) is 2.79. The second-order valence-electron chi connectivity index (χ2n) is 4.72. The minimum Gasteiger partial charge on any atom is -0.310 e. The highest BCUT2D eigenvalue weighted by Crippen LogP contribution is 2.41. The van der Waals surface area contributed by atoms with Gasteiger partial charge in [-0.1, -0.05) is 25.1 Å². The molecule has 0 spiro atoms. The van der Waals surface area contributed by atoms with Crippen LogP contribution in [0.1, 0.15) is 42.5 Å². The van der Waals surface area contributed by atoms with Crippen LogP contribution in [0.2, 0.25) is 0 Å². The van der Waals surface area contributed by atoms with Crippen LogP contribution in [-0.2, 0) is 0 Å². The van der Waals surface area contributed by atoms with Crippen LogP contribution in [0.25, 0.3) is 0 Å². The summed E-state index contributed by atoms with van der Waals surface area (Å²) in [5.41, 5.74) is 4.28. The molecule has 0 radical (unpaired) electrons. The molecule has 1 fully saturated rings. The fraction of sp³-hybridized carbons (Fsp3) is 0.571. The standard InChI is InChI=1S/C14H21N/c1-4-15-14(12-7-8-12)13-6-5-10(2)11(3)9-13/h5-6,9,12,14-15H,4,7-8H2,1-3H3. The molecule has 1 N–H and O–H groups in total. The van der Waals surface area contributed by atoms with Gasteiger partial charge in [0.05, 0.1) is 0 Å². The monoisotopic (exact) mass is 203 g/mol. The van der Waals surface area contributed by atoms with E-state index in [1.54, 1.807) is 0 Å². The molecule has 1 aliphatic rings. The van der Waals surface area contributed by atoms with E-state index >= 15 is 0 Å². The maximum absolute atomic E-state index is 3.61. The molecule has 0 aliphatic heterocycles. The van der Waals surface area contributed by atoms with Crippen LogP contribution < -0.4 is 5.32 Å². The average Bonchev–Trinajstić information content (AvgIpc) is 3.02. The van der Waals surface area contributed by atoms with E-state index in [-0.39, 0.29) is 0 Å². The number of hydrogen-bond donors (Lipinski definition) is 1. The lowest BCUT2D eigenvalue weighted by Gasteiger charge is -2.18. The molecule has 0 aromatic heterocycles. The summed E-state index contributed by atoms with van der Waals surface area (Å²) in [5, 5.41) is 3.61. The quantitative estimate of drug-likeness (QED) is 0.791. The van der Waals surface area contributed by atoms with Gasteiger partial charge in [0.15, 0.2) is 0 Å². The van der Waals surface area contributed by atoms with E-state index in [9.17, 15) is 0 Å². The normalized spacial score (nSPS) is 17.8. The van der Waals surface area contributed by atoms with Gasteiger partial charge in [-0.15, -0.1) is 0 Å². The Balaban J connectivity index is 2.21. The zero-order valence-corrected chi connectivity index (χ0v) is 10.0. The van der Waals surface area contributed by atoms with Crippen molar-refractivity contribution in [2.24, 2.45) is 5.92 Å². The minimum atomic E-state index is 0.592. The minimum absolute atomic E-state index is 0.592. The molecule has 2 rings (SSSR count). The molecular formula is C14H21N. The first-order chi connectivity index (χ1) is 7.22. The predicted molar refractivity (Wildman–Crippen MR) is 65.1 cm³/mol. The Hall–Kier alpha value is -0.820. The highest BCUT2D eigenvalue weighted by atomic mass is 14.9. The number of hydrogen-bond acceptors (Lipinski definition) is 1. The van der Waals surface area contributed by atoms with E-state index in [0.29, 0.717) is 6.04 Å². The van der Waals surface area contributed by atoms with Gasteiger partial charge >= 0.3 is 0 Å². The van der Waals surface area contributed by atoms with Gasteiger partial charge in [-0.2, -0.15) is 0 Å². The Morgan fingerprint density at radius 1 is 1.27 bits per heavy atom. The molecule has 1 aliphatic carbocycles. The van der Waals surface area contributed by atoms with Gasteiger partial charge in [0.25, 0.3) is 0 Å². The molecule has 82 valence electrons. The molecule has 0 heterocycles. The molecule has 1 aromatic carbocycles. The fourth-order valence-electron chi connectivity index (χ4n) is 2.16. The van der Waals surface area contributed by atoms with E-state index in [0.717, 1.165) is 12.5 Å². The lowest BCUT2D eigenvalue weighted by molar-refractivity contribution is 0.496. The fourth-order valence-corrected chi connectivity index (χ4v) is 2.16. The molecule has 1 aromatic rings. The van der Waals surface area contributed by atoms with Crippen LogP contribution in [0.5, 0.6) is 0 Å². The van der Waals surface area contributed by atoms with Gasteiger partial charge < -0.3 is 5.32 Å². The van der Waals surface area contributed by atoms with Crippen molar-refractivity contribution < 1.29 is 0 Å². The Bertz CT molecular complexity index is 339. The van der Waals surface area contributed by atoms with Crippen LogP contribution in [0.3, 0.4) is 0 Å². The number of benzene rings is 1. The van der Waals surface area contributed by atoms with Gasteiger partial charge in [-0.05, 0) is 55.8 Å². The highest BCUT2D eigenvalue weighted by molar-refractivity contribution is 5.32. The lowest BCUT2D eigenvalue weighted by Crippen LogP contribution is -2.22. The summed E-state index contributed by atoms with van der Waals surface area (Å²) in [4.78, 5) is 0. The zero-order chi connectivity index (χ0) is 10.8. The van der Waals surface area contributed by atoms with E-state index in [1.807, 2.05) is 0 Å². The van der Waals surface area contributed by atoms with Crippen molar-refractivity contribution in [1.82, 2.24) is 5.32 Å². The Morgan fingerprint density at radius 3 is 2.53 bits per heavy atom. The Labute approximate surface area is 92.9 Å². The second kappa shape index (κ2) is 4.36. The maximum atomic E-state index is 3.61. The third-order valence-electron chi connectivity index (χ3n) is 3.41. The summed E-state index contributed by atoms with van der Waals surface area (Å²) in [5.74, 6) is 0.882. The number of aryl methyl sites for hydroxylation is 2. The third-order valence-corrected chi connectivity index (χ3v) is 3.41. The summed E-state index contributed by atoms with van der Waals surface area (Å²) in [6, 6.07) is 7.47. The van der Waals surface area contributed by atoms with Crippen LogP contribution in [0.4, 0.5) is 0 Å². The Kier molecular flexibility index (Phi) is 3.11. The molecule has 1 heteroatoms. The van der Waals surface area contributed by atoms with E-state index in [1.165, 1.54) is 29.5 Å². The van der Waals surface area contributed by atoms with Crippen molar-refractivity contribution in [2.45, 2.75) is 39.7 Å². The molecule has 0 bridgehead atoms. The van der Waals surface area contributed by atoms with Crippen LogP contribution in [0.15, 0.2) is 18.2 Å². The van der Waals surface area contributed by atoms with Crippen molar-refractivity contribution >= 4 is 0 Å². The van der Waals surface area contributed by atoms with Gasteiger partial charge in [-0.25, -0.2) is 0 Å². The van der Waals surface area contributed by atoms with Crippen molar-refractivity contribution in [3.8, 4) is 0 Å². The van der Waals surface area contributed by atoms with Crippen molar-refractivity contribution in [3.63, 3.8) is 0 Å². The molecule has 1 atom stereocenters. The largest absolute Gasteiger partial charge is 0.310 e. The van der Waals surface area contributed by atoms with Crippen molar-refractivity contribution in [3.05, 3.63) is 34.9 Å². The van der Waals surface area contributed by atoms with Crippen molar-refractivity contribution in [1.29, 1.82) is 0 Å². The highest BCUT2D eigenvalue weighted by Gasteiger charge is 2.31. The topological polar surface area (TPSA) is 12.0 Å². The molecule has 1 nitrogen and oxygen atoms in total. The first-order valence-electron chi connectivity index (χ1n) is 6.03. The average molecular weight is 203 g/mol. The zero-order valence-electron chi connectivity index (χ0n) is 10.0. The molecule has 15 heavy (non-hydrogen) atoms. The van der Waals surface area contributed by atoms with Gasteiger partial charge in [0, 0.05) is 6.04 Å². The first kappa shape index (κ1) is 10.7. The van der Waals surface area contributed by atoms with Crippen LogP contribution >= 0.6 is 0 Å². The summed E-state index contributed by atoms with van der Waals surface area (Å²) < 4.78 is 0. The van der Waals surface area contributed by atoms with Gasteiger partial charge in [0.1, 0.15) is 0 Å². The summed E-state index contributed by atoms with van der Waals surface area (Å²) in [7, 11) is 0.